The monoisotopic (exact) mass is 816 g/mol. The predicted octanol–water partition coefficient (Wildman–Crippen LogP) is 12.6. The minimum absolute atomic E-state index is 1.15. The molecule has 1 aliphatic rings. The molecule has 0 fully saturated rings. The van der Waals surface area contributed by atoms with Gasteiger partial charge in [0.15, 0.2) is 8.07 Å². The van der Waals surface area contributed by atoms with E-state index in [0.29, 0.717) is 0 Å². The lowest BCUT2D eigenvalue weighted by molar-refractivity contribution is 1.17. The van der Waals surface area contributed by atoms with Crippen molar-refractivity contribution in [3.05, 3.63) is 243 Å². The molecule has 0 unspecified atom stereocenters. The van der Waals surface area contributed by atoms with E-state index in [4.69, 9.17) is 0 Å². The standard InChI is InChI=1S/C60H40N2Si/c1-2-14-41(15-3-1)43-28-35-47(36-29-43)63(59-24-12-7-19-52(59)53-20-8-13-25-60(53)63)48-37-30-44(31-38-48)42-26-32-45(33-27-42)61-57-23-11-6-18-51(57)54-40-46(34-39-58(54)61)62-55-21-9-4-16-49(55)50-17-5-10-22-56(50)62/h1-40H. The summed E-state index contributed by atoms with van der Waals surface area (Å²) in [7, 11) is -2.63. The third kappa shape index (κ3) is 5.30. The summed E-state index contributed by atoms with van der Waals surface area (Å²) in [5.41, 5.74) is 14.8. The van der Waals surface area contributed by atoms with Gasteiger partial charge in [0, 0.05) is 32.9 Å². The summed E-state index contributed by atoms with van der Waals surface area (Å²) in [5, 5.41) is 10.8. The quantitative estimate of drug-likeness (QED) is 0.148. The number of fused-ring (bicyclic) bond motifs is 9. The molecule has 3 heterocycles. The number of benzene rings is 10. The highest BCUT2D eigenvalue weighted by Crippen LogP contribution is 2.37. The molecule has 0 aliphatic carbocycles. The Morgan fingerprint density at radius 2 is 0.619 bits per heavy atom. The Hall–Kier alpha value is -7.98. The molecule has 0 saturated heterocycles. The van der Waals surface area contributed by atoms with Crippen LogP contribution in [0.4, 0.5) is 0 Å². The summed E-state index contributed by atoms with van der Waals surface area (Å²) in [6.07, 6.45) is 0. The van der Waals surface area contributed by atoms with Gasteiger partial charge in [-0.15, -0.1) is 0 Å². The third-order valence-electron chi connectivity index (χ3n) is 13.6. The Labute approximate surface area is 367 Å². The second-order valence-corrected chi connectivity index (χ2v) is 20.6. The van der Waals surface area contributed by atoms with Gasteiger partial charge in [0.05, 0.1) is 22.1 Å². The summed E-state index contributed by atoms with van der Waals surface area (Å²) in [6, 6.07) is 90.3. The topological polar surface area (TPSA) is 9.86 Å². The molecule has 0 radical (unpaired) electrons. The average Bonchev–Trinajstić information content (AvgIpc) is 3.99. The summed E-state index contributed by atoms with van der Waals surface area (Å²) < 4.78 is 4.83. The normalized spacial score (nSPS) is 12.9. The molecule has 0 bridgehead atoms. The lowest BCUT2D eigenvalue weighted by Crippen LogP contribution is -2.72. The second-order valence-electron chi connectivity index (χ2n) is 16.8. The molecule has 13 rings (SSSR count). The molecule has 0 saturated carbocycles. The zero-order valence-corrected chi connectivity index (χ0v) is 35.5. The van der Waals surface area contributed by atoms with Gasteiger partial charge >= 0.3 is 0 Å². The van der Waals surface area contributed by atoms with Gasteiger partial charge in [-0.3, -0.25) is 0 Å². The molecule has 2 nitrogen and oxygen atoms in total. The van der Waals surface area contributed by atoms with Crippen LogP contribution in [-0.2, 0) is 0 Å². The van der Waals surface area contributed by atoms with Crippen molar-refractivity contribution in [2.24, 2.45) is 0 Å². The summed E-state index contributed by atoms with van der Waals surface area (Å²) in [5.74, 6) is 0. The number of hydrogen-bond donors (Lipinski definition) is 0. The number of nitrogens with zero attached hydrogens (tertiary/aromatic N) is 2. The molecule has 0 spiro atoms. The summed E-state index contributed by atoms with van der Waals surface area (Å²) in [4.78, 5) is 0. The molecule has 294 valence electrons. The maximum absolute atomic E-state index is 2.63. The molecule has 1 aliphatic heterocycles. The minimum Gasteiger partial charge on any atom is -0.309 e. The minimum atomic E-state index is -2.63. The number of para-hydroxylation sites is 3. The fraction of sp³-hybridized carbons (Fsp3) is 0. The van der Waals surface area contributed by atoms with Gasteiger partial charge in [-0.05, 0) is 103 Å². The van der Waals surface area contributed by atoms with Crippen molar-refractivity contribution in [1.82, 2.24) is 9.13 Å². The van der Waals surface area contributed by atoms with Crippen molar-refractivity contribution in [3.8, 4) is 44.8 Å². The smallest absolute Gasteiger partial charge is 0.180 e. The molecule has 63 heavy (non-hydrogen) atoms. The van der Waals surface area contributed by atoms with E-state index in [1.165, 1.54) is 103 Å². The Morgan fingerprint density at radius 3 is 1.14 bits per heavy atom. The van der Waals surface area contributed by atoms with E-state index in [1.807, 2.05) is 0 Å². The molecule has 12 aromatic rings. The molecule has 0 N–H and O–H groups in total. The maximum atomic E-state index is 2.42. The Bertz CT molecular complexity index is 3610. The van der Waals surface area contributed by atoms with Crippen LogP contribution in [0, 0.1) is 0 Å². The zero-order valence-electron chi connectivity index (χ0n) is 34.5. The first-order valence-electron chi connectivity index (χ1n) is 21.8. The van der Waals surface area contributed by atoms with E-state index in [1.54, 1.807) is 0 Å². The van der Waals surface area contributed by atoms with Gasteiger partial charge in [0.25, 0.3) is 0 Å². The fourth-order valence-corrected chi connectivity index (χ4v) is 16.0. The summed E-state index contributed by atoms with van der Waals surface area (Å²) in [6.45, 7) is 0. The number of aromatic nitrogens is 2. The van der Waals surface area contributed by atoms with Gasteiger partial charge in [0.1, 0.15) is 0 Å². The van der Waals surface area contributed by atoms with Crippen LogP contribution in [0.3, 0.4) is 0 Å². The summed E-state index contributed by atoms with van der Waals surface area (Å²) >= 11 is 0. The number of rotatable bonds is 6. The predicted molar refractivity (Wildman–Crippen MR) is 269 cm³/mol. The molecular formula is C60H40N2Si. The van der Waals surface area contributed by atoms with Crippen LogP contribution >= 0.6 is 0 Å². The Morgan fingerprint density at radius 1 is 0.254 bits per heavy atom. The van der Waals surface area contributed by atoms with Crippen molar-refractivity contribution in [2.75, 3.05) is 0 Å². The average molecular weight is 817 g/mol. The highest BCUT2D eigenvalue weighted by Gasteiger charge is 2.48. The molecule has 0 amide bonds. The van der Waals surface area contributed by atoms with Crippen molar-refractivity contribution in [1.29, 1.82) is 0 Å². The van der Waals surface area contributed by atoms with Crippen LogP contribution in [-0.4, -0.2) is 17.2 Å². The zero-order chi connectivity index (χ0) is 41.5. The van der Waals surface area contributed by atoms with E-state index >= 15 is 0 Å². The molecule has 3 heteroatoms. The molecule has 0 atom stereocenters. The van der Waals surface area contributed by atoms with Crippen LogP contribution in [0.2, 0.25) is 0 Å². The van der Waals surface area contributed by atoms with Gasteiger partial charge in [-0.2, -0.15) is 0 Å². The first kappa shape index (κ1) is 35.7. The second kappa shape index (κ2) is 14.0. The van der Waals surface area contributed by atoms with Crippen LogP contribution in [0.15, 0.2) is 243 Å². The van der Waals surface area contributed by atoms with Gasteiger partial charge in [-0.25, -0.2) is 0 Å². The maximum Gasteiger partial charge on any atom is 0.180 e. The van der Waals surface area contributed by atoms with E-state index in [0.717, 1.165) is 5.69 Å². The van der Waals surface area contributed by atoms with Crippen molar-refractivity contribution >= 4 is 72.4 Å². The van der Waals surface area contributed by atoms with Gasteiger partial charge < -0.3 is 9.13 Å². The van der Waals surface area contributed by atoms with Crippen molar-refractivity contribution in [2.45, 2.75) is 0 Å². The van der Waals surface area contributed by atoms with Crippen molar-refractivity contribution in [3.63, 3.8) is 0 Å². The number of hydrogen-bond acceptors (Lipinski definition) is 0. The first-order valence-corrected chi connectivity index (χ1v) is 23.8. The molecule has 10 aromatic carbocycles. The third-order valence-corrected chi connectivity index (χ3v) is 18.5. The van der Waals surface area contributed by atoms with Gasteiger partial charge in [-0.1, -0.05) is 194 Å². The van der Waals surface area contributed by atoms with Crippen LogP contribution in [0.5, 0.6) is 0 Å². The van der Waals surface area contributed by atoms with Crippen molar-refractivity contribution < 1.29 is 0 Å². The molecular weight excluding hydrogens is 777 g/mol. The SMILES string of the molecule is c1ccc(-c2ccc([Si]3(c4ccc(-c5ccc(-n6c7ccccc7c7cc(-n8c9ccccc9c9ccccc98)ccc76)cc5)cc4)c4ccccc4-c4ccccc43)cc2)cc1. The lowest BCUT2D eigenvalue weighted by atomic mass is 10.1. The van der Waals surface area contributed by atoms with E-state index in [-0.39, 0.29) is 0 Å². The van der Waals surface area contributed by atoms with Gasteiger partial charge in [0.2, 0.25) is 0 Å². The van der Waals surface area contributed by atoms with E-state index in [9.17, 15) is 0 Å². The van der Waals surface area contributed by atoms with E-state index in [2.05, 4.69) is 252 Å². The van der Waals surface area contributed by atoms with Crippen LogP contribution in [0.1, 0.15) is 0 Å². The van der Waals surface area contributed by atoms with Crippen LogP contribution < -0.4 is 20.7 Å². The highest BCUT2D eigenvalue weighted by atomic mass is 28.3. The first-order chi connectivity index (χ1) is 31.3. The van der Waals surface area contributed by atoms with E-state index < -0.39 is 8.07 Å². The largest absolute Gasteiger partial charge is 0.309 e. The highest BCUT2D eigenvalue weighted by molar-refractivity contribution is 7.22. The Kier molecular flexibility index (Phi) is 7.96. The Balaban J connectivity index is 0.894. The molecule has 2 aromatic heterocycles. The van der Waals surface area contributed by atoms with Crippen LogP contribution in [0.25, 0.3) is 88.4 Å². The lowest BCUT2D eigenvalue weighted by Gasteiger charge is -2.31. The fourth-order valence-electron chi connectivity index (χ4n) is 10.9.